The van der Waals surface area contributed by atoms with Gasteiger partial charge in [-0.1, -0.05) is 0 Å². The highest BCUT2D eigenvalue weighted by atomic mass is 16.7. The lowest BCUT2D eigenvalue weighted by Crippen LogP contribution is -2.29. The van der Waals surface area contributed by atoms with Gasteiger partial charge in [-0.15, -0.1) is 0 Å². The third kappa shape index (κ3) is 2.64. The van der Waals surface area contributed by atoms with Crippen LogP contribution in [-0.2, 0) is 9.47 Å². The predicted molar refractivity (Wildman–Crippen MR) is 36.4 cm³/mol. The van der Waals surface area contributed by atoms with E-state index < -0.39 is 5.79 Å². The lowest BCUT2D eigenvalue weighted by atomic mass is 10.3. The number of hydrogen-bond acceptors (Lipinski definition) is 3. The van der Waals surface area contributed by atoms with E-state index in [4.69, 9.17) is 9.47 Å². The van der Waals surface area contributed by atoms with Crippen molar-refractivity contribution in [2.24, 2.45) is 0 Å². The van der Waals surface area contributed by atoms with Crippen LogP contribution in [0.5, 0.6) is 0 Å². The molecule has 0 unspecified atom stereocenters. The van der Waals surface area contributed by atoms with Crippen molar-refractivity contribution < 1.29 is 14.6 Å². The summed E-state index contributed by atoms with van der Waals surface area (Å²) in [6.45, 7) is 3.96. The van der Waals surface area contributed by atoms with Gasteiger partial charge in [-0.25, -0.2) is 0 Å². The molecule has 10 heavy (non-hydrogen) atoms. The molecular formula is C7H14O3. The molecule has 3 nitrogen and oxygen atoms in total. The highest BCUT2D eigenvalue weighted by Crippen LogP contribution is 2.18. The van der Waals surface area contributed by atoms with Crippen molar-refractivity contribution in [2.75, 3.05) is 6.61 Å². The Balaban J connectivity index is 2.24. The fourth-order valence-electron chi connectivity index (χ4n) is 0.963. The molecule has 1 heterocycles. The summed E-state index contributed by atoms with van der Waals surface area (Å²) in [5, 5.41) is 9.18. The van der Waals surface area contributed by atoms with Crippen LogP contribution in [-0.4, -0.2) is 23.8 Å². The van der Waals surface area contributed by atoms with Gasteiger partial charge in [0.1, 0.15) is 0 Å². The summed E-state index contributed by atoms with van der Waals surface area (Å²) in [7, 11) is 0. The van der Waals surface area contributed by atoms with Crippen LogP contribution in [0.2, 0.25) is 0 Å². The van der Waals surface area contributed by atoms with Crippen LogP contribution in [0, 0.1) is 0 Å². The van der Waals surface area contributed by atoms with Crippen molar-refractivity contribution >= 4 is 0 Å². The van der Waals surface area contributed by atoms with Gasteiger partial charge in [0.05, 0.1) is 0 Å². The van der Waals surface area contributed by atoms with E-state index in [1.165, 1.54) is 0 Å². The Morgan fingerprint density at radius 1 is 1.60 bits per heavy atom. The van der Waals surface area contributed by atoms with E-state index in [9.17, 15) is 5.11 Å². The normalized spacial score (nSPS) is 27.3. The van der Waals surface area contributed by atoms with Crippen LogP contribution in [0.1, 0.15) is 26.7 Å². The van der Waals surface area contributed by atoms with Gasteiger partial charge in [0, 0.05) is 13.0 Å². The maximum Gasteiger partial charge on any atom is 0.162 e. The van der Waals surface area contributed by atoms with Gasteiger partial charge in [-0.05, 0) is 20.3 Å². The molecule has 1 aliphatic heterocycles. The molecular weight excluding hydrogens is 132 g/mol. The molecule has 1 rings (SSSR count). The first-order chi connectivity index (χ1) is 4.58. The fourth-order valence-corrected chi connectivity index (χ4v) is 0.963. The molecule has 0 aromatic rings. The third-order valence-electron chi connectivity index (χ3n) is 1.31. The molecule has 3 heteroatoms. The largest absolute Gasteiger partial charge is 0.366 e. The first-order valence-electron chi connectivity index (χ1n) is 3.60. The van der Waals surface area contributed by atoms with Gasteiger partial charge >= 0.3 is 0 Å². The summed E-state index contributed by atoms with van der Waals surface area (Å²) in [5.41, 5.74) is 0. The molecule has 0 aliphatic carbocycles. The van der Waals surface area contributed by atoms with Gasteiger partial charge < -0.3 is 14.6 Å². The lowest BCUT2D eigenvalue weighted by molar-refractivity contribution is -0.261. The number of ether oxygens (including phenoxy) is 2. The zero-order valence-corrected chi connectivity index (χ0v) is 6.46. The third-order valence-corrected chi connectivity index (χ3v) is 1.31. The minimum atomic E-state index is -1.06. The molecule has 0 radical (unpaired) electrons. The number of hydrogen-bond donors (Lipinski definition) is 1. The van der Waals surface area contributed by atoms with Crippen LogP contribution < -0.4 is 0 Å². The SMILES string of the molecule is CC(C)(O)O[C@@H]1CCCO1. The van der Waals surface area contributed by atoms with Crippen molar-refractivity contribution in [2.45, 2.75) is 38.8 Å². The molecule has 1 saturated heterocycles. The van der Waals surface area contributed by atoms with E-state index >= 15 is 0 Å². The smallest absolute Gasteiger partial charge is 0.162 e. The second kappa shape index (κ2) is 2.86. The van der Waals surface area contributed by atoms with Gasteiger partial charge in [-0.2, -0.15) is 0 Å². The molecule has 0 spiro atoms. The lowest BCUT2D eigenvalue weighted by Gasteiger charge is -2.22. The Morgan fingerprint density at radius 2 is 2.30 bits per heavy atom. The maximum atomic E-state index is 9.18. The highest BCUT2D eigenvalue weighted by Gasteiger charge is 2.23. The molecule has 0 saturated carbocycles. The van der Waals surface area contributed by atoms with Crippen molar-refractivity contribution in [3.63, 3.8) is 0 Å². The quantitative estimate of drug-likeness (QED) is 0.587. The van der Waals surface area contributed by atoms with Crippen molar-refractivity contribution in [1.82, 2.24) is 0 Å². The zero-order valence-electron chi connectivity index (χ0n) is 6.46. The molecule has 0 aromatic heterocycles. The first-order valence-corrected chi connectivity index (χ1v) is 3.60. The van der Waals surface area contributed by atoms with E-state index in [0.29, 0.717) is 0 Å². The minimum Gasteiger partial charge on any atom is -0.366 e. The fraction of sp³-hybridized carbons (Fsp3) is 1.00. The van der Waals surface area contributed by atoms with Crippen molar-refractivity contribution in [3.05, 3.63) is 0 Å². The van der Waals surface area contributed by atoms with E-state index in [1.807, 2.05) is 0 Å². The van der Waals surface area contributed by atoms with Crippen LogP contribution in [0.4, 0.5) is 0 Å². The van der Waals surface area contributed by atoms with Crippen LogP contribution >= 0.6 is 0 Å². The number of aliphatic hydroxyl groups is 1. The Labute approximate surface area is 60.9 Å². The second-order valence-corrected chi connectivity index (χ2v) is 3.01. The molecule has 60 valence electrons. The van der Waals surface area contributed by atoms with Gasteiger partial charge in [0.25, 0.3) is 0 Å². The van der Waals surface area contributed by atoms with E-state index in [0.717, 1.165) is 19.4 Å². The summed E-state index contributed by atoms with van der Waals surface area (Å²) >= 11 is 0. The summed E-state index contributed by atoms with van der Waals surface area (Å²) in [4.78, 5) is 0. The predicted octanol–water partition coefficient (Wildman–Crippen LogP) is 0.868. The molecule has 1 aliphatic rings. The highest BCUT2D eigenvalue weighted by molar-refractivity contribution is 4.58. The average molecular weight is 146 g/mol. The Bertz CT molecular complexity index is 99.9. The van der Waals surface area contributed by atoms with E-state index in [1.54, 1.807) is 13.8 Å². The molecule has 0 amide bonds. The summed E-state index contributed by atoms with van der Waals surface area (Å²) in [5.74, 6) is -1.06. The average Bonchev–Trinajstić information content (AvgIpc) is 2.12. The summed E-state index contributed by atoms with van der Waals surface area (Å²) in [6.07, 6.45) is 1.73. The Morgan fingerprint density at radius 3 is 2.70 bits per heavy atom. The topological polar surface area (TPSA) is 38.7 Å². The molecule has 1 fully saturated rings. The van der Waals surface area contributed by atoms with Gasteiger partial charge in [0.15, 0.2) is 12.1 Å². The summed E-state index contributed by atoms with van der Waals surface area (Å²) in [6, 6.07) is 0. The molecule has 0 bridgehead atoms. The van der Waals surface area contributed by atoms with Crippen molar-refractivity contribution in [1.29, 1.82) is 0 Å². The van der Waals surface area contributed by atoms with Crippen LogP contribution in [0.15, 0.2) is 0 Å². The maximum absolute atomic E-state index is 9.18. The van der Waals surface area contributed by atoms with E-state index in [2.05, 4.69) is 0 Å². The first kappa shape index (κ1) is 7.98. The number of rotatable bonds is 2. The van der Waals surface area contributed by atoms with Crippen molar-refractivity contribution in [3.8, 4) is 0 Å². The molecule has 0 aromatic carbocycles. The second-order valence-electron chi connectivity index (χ2n) is 3.01. The zero-order chi connectivity index (χ0) is 7.61. The van der Waals surface area contributed by atoms with Gasteiger partial charge in [-0.3, -0.25) is 0 Å². The minimum absolute atomic E-state index is 0.194. The molecule has 1 atom stereocenters. The van der Waals surface area contributed by atoms with Crippen LogP contribution in [0.3, 0.4) is 0 Å². The summed E-state index contributed by atoms with van der Waals surface area (Å²) < 4.78 is 10.3. The Kier molecular flexibility index (Phi) is 2.28. The van der Waals surface area contributed by atoms with Gasteiger partial charge in [0.2, 0.25) is 0 Å². The van der Waals surface area contributed by atoms with E-state index in [-0.39, 0.29) is 6.29 Å². The Hall–Kier alpha value is -0.120. The standard InChI is InChI=1S/C7H14O3/c1-7(2,8)10-6-4-3-5-9-6/h6,8H,3-5H2,1-2H3/t6-/m1/s1. The van der Waals surface area contributed by atoms with Crippen LogP contribution in [0.25, 0.3) is 0 Å². The monoisotopic (exact) mass is 146 g/mol. The molecule has 1 N–H and O–H groups in total.